The topological polar surface area (TPSA) is 48.2 Å². The number of methoxy groups -OCH3 is 1. The van der Waals surface area contributed by atoms with E-state index in [1.165, 1.54) is 0 Å². The predicted molar refractivity (Wildman–Crippen MR) is 76.7 cm³/mol. The molecule has 0 spiro atoms. The van der Waals surface area contributed by atoms with Crippen molar-refractivity contribution in [3.8, 4) is 28.6 Å². The summed E-state index contributed by atoms with van der Waals surface area (Å²) in [6.45, 7) is 0. The molecule has 2 aromatic carbocycles. The van der Waals surface area contributed by atoms with Gasteiger partial charge in [0, 0.05) is 16.1 Å². The Hall–Kier alpha value is -2.33. The van der Waals surface area contributed by atoms with Gasteiger partial charge in [0.15, 0.2) is 0 Å². The van der Waals surface area contributed by atoms with Crippen molar-refractivity contribution in [1.82, 2.24) is 10.1 Å². The summed E-state index contributed by atoms with van der Waals surface area (Å²) in [4.78, 5) is 4.38. The van der Waals surface area contributed by atoms with Crippen LogP contribution in [0.2, 0.25) is 5.02 Å². The summed E-state index contributed by atoms with van der Waals surface area (Å²) < 4.78 is 10.5. The van der Waals surface area contributed by atoms with Crippen molar-refractivity contribution < 1.29 is 9.26 Å². The number of aromatic nitrogens is 2. The Labute approximate surface area is 121 Å². The molecule has 0 N–H and O–H groups in total. The number of hydrogen-bond acceptors (Lipinski definition) is 4. The van der Waals surface area contributed by atoms with Crippen molar-refractivity contribution in [3.63, 3.8) is 0 Å². The lowest BCUT2D eigenvalue weighted by Gasteiger charge is -1.99. The molecule has 20 heavy (non-hydrogen) atoms. The van der Waals surface area contributed by atoms with Gasteiger partial charge in [0.1, 0.15) is 5.75 Å². The molecular formula is C15H11ClN2O2. The highest BCUT2D eigenvalue weighted by molar-refractivity contribution is 6.30. The fourth-order valence-corrected chi connectivity index (χ4v) is 2.03. The molecular weight excluding hydrogens is 276 g/mol. The van der Waals surface area contributed by atoms with Gasteiger partial charge in [0.2, 0.25) is 5.82 Å². The highest BCUT2D eigenvalue weighted by Gasteiger charge is 2.11. The zero-order valence-corrected chi connectivity index (χ0v) is 11.5. The van der Waals surface area contributed by atoms with Crippen LogP contribution in [0.5, 0.6) is 5.75 Å². The lowest BCUT2D eigenvalue weighted by molar-refractivity contribution is 0.414. The van der Waals surface area contributed by atoms with Crippen molar-refractivity contribution in [2.45, 2.75) is 0 Å². The summed E-state index contributed by atoms with van der Waals surface area (Å²) in [7, 11) is 1.62. The van der Waals surface area contributed by atoms with E-state index in [0.717, 1.165) is 16.9 Å². The normalized spacial score (nSPS) is 10.5. The van der Waals surface area contributed by atoms with Crippen LogP contribution in [0, 0.1) is 0 Å². The van der Waals surface area contributed by atoms with Gasteiger partial charge in [-0.1, -0.05) is 35.0 Å². The van der Waals surface area contributed by atoms with E-state index in [1.807, 2.05) is 36.4 Å². The molecule has 0 fully saturated rings. The molecule has 0 unspecified atom stereocenters. The van der Waals surface area contributed by atoms with Crippen LogP contribution in [0.25, 0.3) is 22.8 Å². The van der Waals surface area contributed by atoms with Crippen molar-refractivity contribution >= 4 is 11.6 Å². The van der Waals surface area contributed by atoms with E-state index in [1.54, 1.807) is 19.2 Å². The molecule has 0 atom stereocenters. The van der Waals surface area contributed by atoms with Crippen LogP contribution in [0.4, 0.5) is 0 Å². The van der Waals surface area contributed by atoms with Gasteiger partial charge in [0.05, 0.1) is 7.11 Å². The second-order valence-electron chi connectivity index (χ2n) is 4.17. The Kier molecular flexibility index (Phi) is 3.39. The van der Waals surface area contributed by atoms with E-state index in [2.05, 4.69) is 10.1 Å². The molecule has 100 valence electrons. The van der Waals surface area contributed by atoms with E-state index < -0.39 is 0 Å². The molecule has 0 aliphatic heterocycles. The molecule has 0 radical (unpaired) electrons. The van der Waals surface area contributed by atoms with Crippen LogP contribution >= 0.6 is 11.6 Å². The minimum absolute atomic E-state index is 0.435. The number of hydrogen-bond donors (Lipinski definition) is 0. The highest BCUT2D eigenvalue weighted by atomic mass is 35.5. The summed E-state index contributed by atoms with van der Waals surface area (Å²) in [6, 6.07) is 14.8. The molecule has 0 saturated heterocycles. The van der Waals surface area contributed by atoms with Crippen molar-refractivity contribution in [2.24, 2.45) is 0 Å². The van der Waals surface area contributed by atoms with Crippen LogP contribution in [0.3, 0.4) is 0 Å². The Morgan fingerprint density at radius 1 is 1.05 bits per heavy atom. The maximum atomic E-state index is 5.95. The molecule has 1 heterocycles. The molecule has 0 bridgehead atoms. The molecule has 5 heteroatoms. The van der Waals surface area contributed by atoms with E-state index in [0.29, 0.717) is 16.7 Å². The fraction of sp³-hybridized carbons (Fsp3) is 0.0667. The Balaban J connectivity index is 1.97. The third kappa shape index (κ3) is 2.51. The summed E-state index contributed by atoms with van der Waals surface area (Å²) in [5.41, 5.74) is 1.63. The van der Waals surface area contributed by atoms with E-state index >= 15 is 0 Å². The summed E-state index contributed by atoms with van der Waals surface area (Å²) in [6.07, 6.45) is 0. The van der Waals surface area contributed by atoms with Gasteiger partial charge in [-0.05, 0) is 30.3 Å². The Morgan fingerprint density at radius 2 is 1.85 bits per heavy atom. The first-order chi connectivity index (χ1) is 9.76. The van der Waals surface area contributed by atoms with Gasteiger partial charge < -0.3 is 9.26 Å². The molecule has 1 aromatic heterocycles. The van der Waals surface area contributed by atoms with E-state index in [-0.39, 0.29) is 0 Å². The molecule has 3 rings (SSSR count). The van der Waals surface area contributed by atoms with E-state index in [4.69, 9.17) is 20.9 Å². The maximum absolute atomic E-state index is 5.95. The number of halogens is 1. The highest BCUT2D eigenvalue weighted by Crippen LogP contribution is 2.25. The fourth-order valence-electron chi connectivity index (χ4n) is 1.84. The van der Waals surface area contributed by atoms with Gasteiger partial charge in [-0.25, -0.2) is 0 Å². The average Bonchev–Trinajstić information content (AvgIpc) is 2.97. The Morgan fingerprint density at radius 3 is 2.65 bits per heavy atom. The number of ether oxygens (including phenoxy) is 1. The first-order valence-electron chi connectivity index (χ1n) is 6.00. The van der Waals surface area contributed by atoms with Gasteiger partial charge in [-0.15, -0.1) is 0 Å². The third-order valence-corrected chi connectivity index (χ3v) is 3.06. The van der Waals surface area contributed by atoms with Gasteiger partial charge in [-0.3, -0.25) is 0 Å². The summed E-state index contributed by atoms with van der Waals surface area (Å²) in [5, 5.41) is 4.61. The molecule has 0 amide bonds. The third-order valence-electron chi connectivity index (χ3n) is 2.83. The monoisotopic (exact) mass is 286 g/mol. The average molecular weight is 287 g/mol. The summed E-state index contributed by atoms with van der Waals surface area (Å²) in [5.74, 6) is 1.70. The van der Waals surface area contributed by atoms with Crippen LogP contribution in [0.15, 0.2) is 53.1 Å². The SMILES string of the molecule is COc1cccc(-c2noc(-c3cccc(Cl)c3)n2)c1. The predicted octanol–water partition coefficient (Wildman–Crippen LogP) is 4.07. The van der Waals surface area contributed by atoms with E-state index in [9.17, 15) is 0 Å². The molecule has 0 aliphatic carbocycles. The van der Waals surface area contributed by atoms with Crippen LogP contribution < -0.4 is 4.74 Å². The molecule has 3 aromatic rings. The lowest BCUT2D eigenvalue weighted by atomic mass is 10.2. The largest absolute Gasteiger partial charge is 0.497 e. The lowest BCUT2D eigenvalue weighted by Crippen LogP contribution is -1.85. The zero-order chi connectivity index (χ0) is 13.9. The van der Waals surface area contributed by atoms with Crippen LogP contribution in [-0.4, -0.2) is 17.3 Å². The molecule has 4 nitrogen and oxygen atoms in total. The van der Waals surface area contributed by atoms with Gasteiger partial charge in [0.25, 0.3) is 5.89 Å². The second-order valence-corrected chi connectivity index (χ2v) is 4.60. The van der Waals surface area contributed by atoms with Gasteiger partial charge >= 0.3 is 0 Å². The molecule has 0 aliphatic rings. The smallest absolute Gasteiger partial charge is 0.258 e. The van der Waals surface area contributed by atoms with Crippen molar-refractivity contribution in [2.75, 3.05) is 7.11 Å². The zero-order valence-electron chi connectivity index (χ0n) is 10.7. The van der Waals surface area contributed by atoms with Gasteiger partial charge in [-0.2, -0.15) is 4.98 Å². The first kappa shape index (κ1) is 12.7. The quantitative estimate of drug-likeness (QED) is 0.728. The van der Waals surface area contributed by atoms with Crippen molar-refractivity contribution in [1.29, 1.82) is 0 Å². The number of benzene rings is 2. The maximum Gasteiger partial charge on any atom is 0.258 e. The first-order valence-corrected chi connectivity index (χ1v) is 6.38. The summed E-state index contributed by atoms with van der Waals surface area (Å²) >= 11 is 5.95. The number of nitrogens with zero attached hydrogens (tertiary/aromatic N) is 2. The minimum atomic E-state index is 0.435. The minimum Gasteiger partial charge on any atom is -0.497 e. The van der Waals surface area contributed by atoms with Crippen molar-refractivity contribution in [3.05, 3.63) is 53.6 Å². The standard InChI is InChI=1S/C15H11ClN2O2/c1-19-13-7-3-4-10(9-13)14-17-15(20-18-14)11-5-2-6-12(16)8-11/h2-9H,1H3. The molecule has 0 saturated carbocycles. The van der Waals surface area contributed by atoms with Crippen LogP contribution in [-0.2, 0) is 0 Å². The number of rotatable bonds is 3. The van der Waals surface area contributed by atoms with Crippen LogP contribution in [0.1, 0.15) is 0 Å². The second kappa shape index (κ2) is 5.35. The Bertz CT molecular complexity index is 740.